The van der Waals surface area contributed by atoms with Gasteiger partial charge in [-0.25, -0.2) is 5.90 Å². The van der Waals surface area contributed by atoms with Crippen molar-refractivity contribution in [1.82, 2.24) is 10.2 Å². The standard InChI is InChI=1S/C4H7N3O/c5-8-3-4-1-6-7-2-4/h1-2H,3,5H2,(H,6,7). The van der Waals surface area contributed by atoms with E-state index in [9.17, 15) is 0 Å². The van der Waals surface area contributed by atoms with Crippen LogP contribution in [0.15, 0.2) is 12.4 Å². The monoisotopic (exact) mass is 113 g/mol. The molecule has 0 saturated carbocycles. The number of rotatable bonds is 2. The van der Waals surface area contributed by atoms with Crippen LogP contribution in [-0.2, 0) is 11.4 Å². The van der Waals surface area contributed by atoms with Gasteiger partial charge in [-0.2, -0.15) is 5.10 Å². The second-order valence-corrected chi connectivity index (χ2v) is 1.42. The highest BCUT2D eigenvalue weighted by Crippen LogP contribution is 1.92. The number of nitrogens with two attached hydrogens (primary N) is 1. The molecule has 0 radical (unpaired) electrons. The lowest BCUT2D eigenvalue weighted by atomic mass is 10.4. The minimum atomic E-state index is 0.413. The van der Waals surface area contributed by atoms with E-state index in [0.717, 1.165) is 5.56 Å². The van der Waals surface area contributed by atoms with E-state index in [0.29, 0.717) is 6.61 Å². The fourth-order valence-electron chi connectivity index (χ4n) is 0.453. The highest BCUT2D eigenvalue weighted by atomic mass is 16.6. The minimum Gasteiger partial charge on any atom is -0.300 e. The summed E-state index contributed by atoms with van der Waals surface area (Å²) in [6.45, 7) is 0.413. The van der Waals surface area contributed by atoms with Crippen LogP contribution in [0.4, 0.5) is 0 Å². The van der Waals surface area contributed by atoms with Crippen molar-refractivity contribution in [2.75, 3.05) is 0 Å². The van der Waals surface area contributed by atoms with Gasteiger partial charge in [0.15, 0.2) is 0 Å². The van der Waals surface area contributed by atoms with E-state index in [1.807, 2.05) is 0 Å². The van der Waals surface area contributed by atoms with Gasteiger partial charge in [0.1, 0.15) is 0 Å². The number of hydrogen-bond donors (Lipinski definition) is 2. The summed E-state index contributed by atoms with van der Waals surface area (Å²) < 4.78 is 0. The Morgan fingerprint density at radius 3 is 3.25 bits per heavy atom. The van der Waals surface area contributed by atoms with Crippen molar-refractivity contribution in [2.45, 2.75) is 6.61 Å². The summed E-state index contributed by atoms with van der Waals surface area (Å²) in [4.78, 5) is 4.33. The van der Waals surface area contributed by atoms with Gasteiger partial charge in [0.25, 0.3) is 0 Å². The summed E-state index contributed by atoms with van der Waals surface area (Å²) in [5.41, 5.74) is 0.951. The summed E-state index contributed by atoms with van der Waals surface area (Å²) in [7, 11) is 0. The molecule has 0 fully saturated rings. The molecule has 0 aliphatic heterocycles. The first-order chi connectivity index (χ1) is 3.93. The average Bonchev–Trinajstić information content (AvgIpc) is 2.19. The second-order valence-electron chi connectivity index (χ2n) is 1.42. The fraction of sp³-hybridized carbons (Fsp3) is 0.250. The molecular formula is C4H7N3O. The number of hydrogen-bond acceptors (Lipinski definition) is 3. The quantitative estimate of drug-likeness (QED) is 0.522. The number of nitrogens with zero attached hydrogens (tertiary/aromatic N) is 1. The molecule has 4 heteroatoms. The third-order valence-corrected chi connectivity index (χ3v) is 0.805. The largest absolute Gasteiger partial charge is 0.300 e. The van der Waals surface area contributed by atoms with Crippen molar-refractivity contribution < 1.29 is 4.84 Å². The van der Waals surface area contributed by atoms with Crippen LogP contribution >= 0.6 is 0 Å². The lowest BCUT2D eigenvalue weighted by Crippen LogP contribution is -1.96. The van der Waals surface area contributed by atoms with Crippen LogP contribution in [0.2, 0.25) is 0 Å². The van der Waals surface area contributed by atoms with Crippen LogP contribution in [0.1, 0.15) is 5.56 Å². The van der Waals surface area contributed by atoms with E-state index in [-0.39, 0.29) is 0 Å². The first-order valence-corrected chi connectivity index (χ1v) is 2.23. The van der Waals surface area contributed by atoms with E-state index in [2.05, 4.69) is 15.0 Å². The molecule has 0 saturated heterocycles. The number of H-pyrrole nitrogens is 1. The van der Waals surface area contributed by atoms with Crippen LogP contribution in [0.3, 0.4) is 0 Å². The Balaban J connectivity index is 2.50. The highest BCUT2D eigenvalue weighted by molar-refractivity contribution is 4.99. The van der Waals surface area contributed by atoms with Crippen LogP contribution in [0, 0.1) is 0 Å². The van der Waals surface area contributed by atoms with Crippen LogP contribution in [0.25, 0.3) is 0 Å². The maximum atomic E-state index is 4.78. The van der Waals surface area contributed by atoms with Crippen molar-refractivity contribution in [1.29, 1.82) is 0 Å². The average molecular weight is 113 g/mol. The van der Waals surface area contributed by atoms with Crippen molar-refractivity contribution in [3.63, 3.8) is 0 Å². The molecule has 44 valence electrons. The fourth-order valence-corrected chi connectivity index (χ4v) is 0.453. The molecule has 8 heavy (non-hydrogen) atoms. The topological polar surface area (TPSA) is 63.9 Å². The first-order valence-electron chi connectivity index (χ1n) is 2.23. The smallest absolute Gasteiger partial charge is 0.0960 e. The molecule has 1 rings (SSSR count). The molecule has 0 spiro atoms. The van der Waals surface area contributed by atoms with E-state index in [1.165, 1.54) is 0 Å². The van der Waals surface area contributed by atoms with Crippen molar-refractivity contribution in [3.8, 4) is 0 Å². The van der Waals surface area contributed by atoms with Crippen LogP contribution in [-0.4, -0.2) is 10.2 Å². The second kappa shape index (κ2) is 2.44. The number of aromatic nitrogens is 2. The highest BCUT2D eigenvalue weighted by Gasteiger charge is 1.88. The summed E-state index contributed by atoms with van der Waals surface area (Å²) >= 11 is 0. The van der Waals surface area contributed by atoms with Gasteiger partial charge in [0, 0.05) is 11.8 Å². The van der Waals surface area contributed by atoms with Crippen LogP contribution < -0.4 is 5.90 Å². The summed E-state index contributed by atoms with van der Waals surface area (Å²) in [5, 5.41) is 6.31. The molecule has 0 atom stereocenters. The number of nitrogens with one attached hydrogen (secondary N) is 1. The molecule has 1 aromatic rings. The molecule has 0 amide bonds. The number of aromatic amines is 1. The molecule has 0 aliphatic rings. The summed E-state index contributed by atoms with van der Waals surface area (Å²) in [6, 6.07) is 0. The van der Waals surface area contributed by atoms with E-state index < -0.39 is 0 Å². The van der Waals surface area contributed by atoms with Gasteiger partial charge in [0.2, 0.25) is 0 Å². The Morgan fingerprint density at radius 2 is 2.75 bits per heavy atom. The van der Waals surface area contributed by atoms with Crippen molar-refractivity contribution in [2.24, 2.45) is 5.90 Å². The zero-order chi connectivity index (χ0) is 5.82. The van der Waals surface area contributed by atoms with Crippen LogP contribution in [0.5, 0.6) is 0 Å². The van der Waals surface area contributed by atoms with E-state index >= 15 is 0 Å². The Kier molecular flexibility index (Phi) is 1.61. The van der Waals surface area contributed by atoms with Gasteiger partial charge in [-0.3, -0.25) is 9.94 Å². The van der Waals surface area contributed by atoms with Gasteiger partial charge < -0.3 is 0 Å². The predicted molar refractivity (Wildman–Crippen MR) is 27.6 cm³/mol. The van der Waals surface area contributed by atoms with E-state index in [1.54, 1.807) is 12.4 Å². The Hall–Kier alpha value is -0.870. The first kappa shape index (κ1) is 5.27. The van der Waals surface area contributed by atoms with Crippen molar-refractivity contribution in [3.05, 3.63) is 18.0 Å². The third kappa shape index (κ3) is 1.05. The SMILES string of the molecule is NOCc1cn[nH]c1. The zero-order valence-electron chi connectivity index (χ0n) is 4.29. The molecule has 0 unspecified atom stereocenters. The van der Waals surface area contributed by atoms with Gasteiger partial charge in [-0.1, -0.05) is 0 Å². The third-order valence-electron chi connectivity index (χ3n) is 0.805. The normalized spacial score (nSPS) is 9.62. The molecule has 0 aliphatic carbocycles. The Labute approximate surface area is 46.6 Å². The lowest BCUT2D eigenvalue weighted by Gasteiger charge is -1.87. The van der Waals surface area contributed by atoms with Gasteiger partial charge >= 0.3 is 0 Å². The molecule has 0 aromatic carbocycles. The molecular weight excluding hydrogens is 106 g/mol. The van der Waals surface area contributed by atoms with Gasteiger partial charge in [-0.05, 0) is 0 Å². The Morgan fingerprint density at radius 1 is 1.88 bits per heavy atom. The Bertz CT molecular complexity index is 137. The van der Waals surface area contributed by atoms with Gasteiger partial charge in [0.05, 0.1) is 12.8 Å². The molecule has 1 aromatic heterocycles. The molecule has 4 nitrogen and oxygen atoms in total. The minimum absolute atomic E-state index is 0.413. The van der Waals surface area contributed by atoms with Crippen molar-refractivity contribution >= 4 is 0 Å². The zero-order valence-corrected chi connectivity index (χ0v) is 4.29. The maximum absolute atomic E-state index is 4.78. The molecule has 1 heterocycles. The summed E-state index contributed by atoms with van der Waals surface area (Å²) in [6.07, 6.45) is 3.39. The lowest BCUT2D eigenvalue weighted by molar-refractivity contribution is 0.124. The molecule has 0 bridgehead atoms. The van der Waals surface area contributed by atoms with Gasteiger partial charge in [-0.15, -0.1) is 0 Å². The summed E-state index contributed by atoms with van der Waals surface area (Å²) in [5.74, 6) is 4.78. The predicted octanol–water partition coefficient (Wildman–Crippen LogP) is -0.200. The molecule has 3 N–H and O–H groups in total. The maximum Gasteiger partial charge on any atom is 0.0960 e. The van der Waals surface area contributed by atoms with E-state index in [4.69, 9.17) is 5.90 Å².